The number of guanidine groups is 1. The summed E-state index contributed by atoms with van der Waals surface area (Å²) < 4.78 is 0. The number of hydrogen-bond donors (Lipinski definition) is 2. The maximum absolute atomic E-state index is 11.7. The van der Waals surface area contributed by atoms with Crippen LogP contribution < -0.4 is 11.1 Å². The Morgan fingerprint density at radius 2 is 2.22 bits per heavy atom. The standard InChI is InChI=1S/C10H10N6O2/c11-9-14-7-6(8(17)15-9)5(3-12-7)4-13-10(18)16-1-2-16/h3H,1-2,4H2,(H,13,18)(H2,11,15,17). The molecule has 3 amide bonds. The normalized spacial score (nSPS) is 20.7. The average Bonchev–Trinajstić information content (AvgIpc) is 3.08. The van der Waals surface area contributed by atoms with Crippen molar-refractivity contribution >= 4 is 29.9 Å². The smallest absolute Gasteiger partial charge is 0.317 e. The van der Waals surface area contributed by atoms with Crippen LogP contribution in [0, 0.1) is 0 Å². The first-order valence-corrected chi connectivity index (χ1v) is 5.43. The molecule has 0 atom stereocenters. The molecule has 3 aliphatic rings. The predicted molar refractivity (Wildman–Crippen MR) is 64.6 cm³/mol. The molecule has 18 heavy (non-hydrogen) atoms. The Labute approximate surface area is 102 Å². The quantitative estimate of drug-likeness (QED) is 0.587. The van der Waals surface area contributed by atoms with E-state index >= 15 is 0 Å². The highest BCUT2D eigenvalue weighted by Gasteiger charge is 2.29. The zero-order chi connectivity index (χ0) is 12.7. The van der Waals surface area contributed by atoms with Gasteiger partial charge in [-0.15, -0.1) is 0 Å². The van der Waals surface area contributed by atoms with E-state index in [2.05, 4.69) is 20.3 Å². The van der Waals surface area contributed by atoms with Gasteiger partial charge in [-0.1, -0.05) is 0 Å². The number of nitrogens with one attached hydrogen (secondary N) is 1. The third kappa shape index (κ3) is 1.77. The summed E-state index contributed by atoms with van der Waals surface area (Å²) in [4.78, 5) is 36.2. The number of amides is 3. The van der Waals surface area contributed by atoms with Gasteiger partial charge in [0.05, 0.1) is 5.57 Å². The highest BCUT2D eigenvalue weighted by atomic mass is 16.2. The number of amidine groups is 1. The van der Waals surface area contributed by atoms with Gasteiger partial charge in [-0.2, -0.15) is 9.98 Å². The number of urea groups is 1. The number of fused-ring (bicyclic) bond motifs is 1. The summed E-state index contributed by atoms with van der Waals surface area (Å²) in [6.07, 6.45) is 1.50. The molecule has 92 valence electrons. The third-order valence-electron chi connectivity index (χ3n) is 2.70. The fraction of sp³-hybridized carbons (Fsp3) is 0.300. The zero-order valence-corrected chi connectivity index (χ0v) is 9.38. The van der Waals surface area contributed by atoms with E-state index in [-0.39, 0.29) is 24.4 Å². The molecule has 0 saturated carbocycles. The Bertz CT molecular complexity index is 567. The second kappa shape index (κ2) is 3.76. The molecule has 0 aromatic carbocycles. The molecule has 8 nitrogen and oxygen atoms in total. The van der Waals surface area contributed by atoms with Crippen molar-refractivity contribution in [2.24, 2.45) is 20.7 Å². The van der Waals surface area contributed by atoms with Gasteiger partial charge >= 0.3 is 6.03 Å². The molecule has 3 heterocycles. The van der Waals surface area contributed by atoms with Crippen LogP contribution in [0.5, 0.6) is 0 Å². The van der Waals surface area contributed by atoms with Gasteiger partial charge in [0.2, 0.25) is 5.96 Å². The van der Waals surface area contributed by atoms with Crippen LogP contribution in [0.1, 0.15) is 0 Å². The van der Waals surface area contributed by atoms with Crippen LogP contribution in [0.4, 0.5) is 4.79 Å². The second-order valence-electron chi connectivity index (χ2n) is 4.01. The van der Waals surface area contributed by atoms with Crippen LogP contribution in [0.2, 0.25) is 0 Å². The minimum absolute atomic E-state index is 0.0923. The van der Waals surface area contributed by atoms with Crippen molar-refractivity contribution in [2.45, 2.75) is 0 Å². The Hall–Kier alpha value is -2.51. The van der Waals surface area contributed by atoms with Gasteiger partial charge in [0.1, 0.15) is 0 Å². The first kappa shape index (κ1) is 10.6. The van der Waals surface area contributed by atoms with Crippen LogP contribution in [0.15, 0.2) is 26.1 Å². The molecule has 0 radical (unpaired) electrons. The molecule has 0 aromatic heterocycles. The van der Waals surface area contributed by atoms with Crippen LogP contribution in [0.25, 0.3) is 0 Å². The number of carbonyl (C=O) groups is 2. The van der Waals surface area contributed by atoms with E-state index in [1.807, 2.05) is 0 Å². The summed E-state index contributed by atoms with van der Waals surface area (Å²) in [5.41, 5.74) is 6.28. The first-order chi connectivity index (χ1) is 8.65. The molecular weight excluding hydrogens is 236 g/mol. The van der Waals surface area contributed by atoms with E-state index in [4.69, 9.17) is 5.73 Å². The summed E-state index contributed by atoms with van der Waals surface area (Å²) >= 11 is 0. The number of rotatable bonds is 2. The van der Waals surface area contributed by atoms with Crippen molar-refractivity contribution in [3.63, 3.8) is 0 Å². The summed E-state index contributed by atoms with van der Waals surface area (Å²) in [7, 11) is 0. The zero-order valence-electron chi connectivity index (χ0n) is 9.38. The number of carbonyl (C=O) groups excluding carboxylic acids is 2. The highest BCUT2D eigenvalue weighted by molar-refractivity contribution is 6.34. The van der Waals surface area contributed by atoms with Gasteiger partial charge in [-0.05, 0) is 0 Å². The van der Waals surface area contributed by atoms with Crippen molar-refractivity contribution in [3.8, 4) is 0 Å². The lowest BCUT2D eigenvalue weighted by molar-refractivity contribution is -0.113. The van der Waals surface area contributed by atoms with Crippen LogP contribution >= 0.6 is 0 Å². The average molecular weight is 246 g/mol. The fourth-order valence-corrected chi connectivity index (χ4v) is 1.69. The molecule has 0 bridgehead atoms. The molecule has 0 aliphatic carbocycles. The molecule has 0 unspecified atom stereocenters. The lowest BCUT2D eigenvalue weighted by Gasteiger charge is -2.08. The van der Waals surface area contributed by atoms with Gasteiger partial charge in [-0.3, -0.25) is 4.79 Å². The molecule has 0 spiro atoms. The van der Waals surface area contributed by atoms with Gasteiger partial charge in [0.25, 0.3) is 5.91 Å². The van der Waals surface area contributed by atoms with Crippen molar-refractivity contribution in [2.75, 3.05) is 19.6 Å². The number of nitrogens with two attached hydrogens (primary N) is 1. The maximum atomic E-state index is 11.7. The maximum Gasteiger partial charge on any atom is 0.317 e. The van der Waals surface area contributed by atoms with E-state index in [9.17, 15) is 9.59 Å². The molecular formula is C10H10N6O2. The lowest BCUT2D eigenvalue weighted by Crippen LogP contribution is -2.31. The van der Waals surface area contributed by atoms with Gasteiger partial charge < -0.3 is 16.0 Å². The van der Waals surface area contributed by atoms with E-state index < -0.39 is 5.91 Å². The Morgan fingerprint density at radius 3 is 2.94 bits per heavy atom. The van der Waals surface area contributed by atoms with Gasteiger partial charge in [-0.25, -0.2) is 9.79 Å². The fourth-order valence-electron chi connectivity index (χ4n) is 1.69. The molecule has 1 fully saturated rings. The highest BCUT2D eigenvalue weighted by Crippen LogP contribution is 2.18. The molecule has 3 aliphatic heterocycles. The minimum Gasteiger partial charge on any atom is -0.368 e. The Morgan fingerprint density at radius 1 is 1.44 bits per heavy atom. The summed E-state index contributed by atoms with van der Waals surface area (Å²) in [5, 5.41) is 2.70. The third-order valence-corrected chi connectivity index (χ3v) is 2.70. The largest absolute Gasteiger partial charge is 0.368 e. The summed E-state index contributed by atoms with van der Waals surface area (Å²) in [6, 6.07) is -0.145. The van der Waals surface area contributed by atoms with Gasteiger partial charge in [0.15, 0.2) is 5.84 Å². The summed E-state index contributed by atoms with van der Waals surface area (Å²) in [6.45, 7) is 1.78. The van der Waals surface area contributed by atoms with Crippen LogP contribution in [-0.2, 0) is 4.79 Å². The minimum atomic E-state index is -0.467. The van der Waals surface area contributed by atoms with E-state index in [0.29, 0.717) is 11.1 Å². The Balaban J connectivity index is 1.76. The first-order valence-electron chi connectivity index (χ1n) is 5.43. The molecule has 3 rings (SSSR count). The Kier molecular flexibility index (Phi) is 2.22. The number of nitrogens with zero attached hydrogens (tertiary/aromatic N) is 4. The summed E-state index contributed by atoms with van der Waals surface area (Å²) in [5.74, 6) is -0.292. The van der Waals surface area contributed by atoms with Gasteiger partial charge in [0, 0.05) is 31.4 Å². The van der Waals surface area contributed by atoms with Crippen molar-refractivity contribution < 1.29 is 9.59 Å². The molecule has 3 N–H and O–H groups in total. The predicted octanol–water partition coefficient (Wildman–Crippen LogP) is -1.35. The molecule has 0 aromatic rings. The number of aliphatic imine (C=N–C) groups is 3. The van der Waals surface area contributed by atoms with Crippen LogP contribution in [-0.4, -0.2) is 54.5 Å². The number of hydrogen-bond acceptors (Lipinski definition) is 5. The second-order valence-corrected chi connectivity index (χ2v) is 4.01. The lowest BCUT2D eigenvalue weighted by atomic mass is 10.1. The van der Waals surface area contributed by atoms with Crippen molar-refractivity contribution in [1.82, 2.24) is 10.2 Å². The van der Waals surface area contributed by atoms with E-state index in [1.165, 1.54) is 6.21 Å². The monoisotopic (exact) mass is 246 g/mol. The van der Waals surface area contributed by atoms with E-state index in [1.54, 1.807) is 4.90 Å². The molecule has 1 saturated heterocycles. The van der Waals surface area contributed by atoms with Crippen molar-refractivity contribution in [1.29, 1.82) is 0 Å². The van der Waals surface area contributed by atoms with E-state index in [0.717, 1.165) is 13.1 Å². The SMILES string of the molecule is NC1=NC(=O)C2=C(CNC(=O)N3CC3)C=NC2=N1. The van der Waals surface area contributed by atoms with Crippen LogP contribution in [0.3, 0.4) is 0 Å². The molecule has 8 heteroatoms. The van der Waals surface area contributed by atoms with Crippen molar-refractivity contribution in [3.05, 3.63) is 11.1 Å². The topological polar surface area (TPSA) is 112 Å².